The van der Waals surface area contributed by atoms with Crippen LogP contribution in [0.25, 0.3) is 11.1 Å². The molecule has 3 aromatic rings. The van der Waals surface area contributed by atoms with Crippen LogP contribution in [0, 0.1) is 11.8 Å². The second-order valence-electron chi connectivity index (χ2n) is 10.7. The zero-order valence-electron chi connectivity index (χ0n) is 20.7. The van der Waals surface area contributed by atoms with Gasteiger partial charge in [0.2, 0.25) is 0 Å². The van der Waals surface area contributed by atoms with Crippen LogP contribution < -0.4 is 4.90 Å². The molecule has 4 nitrogen and oxygen atoms in total. The maximum Gasteiger partial charge on any atom is 0.338 e. The highest BCUT2D eigenvalue weighted by molar-refractivity contribution is 6.00. The van der Waals surface area contributed by atoms with Crippen molar-refractivity contribution < 1.29 is 14.3 Å². The number of esters is 1. The van der Waals surface area contributed by atoms with E-state index in [2.05, 4.69) is 35.3 Å². The molecule has 2 heterocycles. The molecule has 37 heavy (non-hydrogen) atoms. The summed E-state index contributed by atoms with van der Waals surface area (Å²) in [6, 6.07) is 21.6. The van der Waals surface area contributed by atoms with E-state index in [9.17, 15) is 9.59 Å². The Morgan fingerprint density at radius 2 is 1.46 bits per heavy atom. The Balaban J connectivity index is 1.13. The van der Waals surface area contributed by atoms with E-state index in [0.29, 0.717) is 28.9 Å². The van der Waals surface area contributed by atoms with Gasteiger partial charge in [0.25, 0.3) is 0 Å². The zero-order chi connectivity index (χ0) is 24.9. The summed E-state index contributed by atoms with van der Waals surface area (Å²) in [5.41, 5.74) is 6.97. The lowest BCUT2D eigenvalue weighted by atomic mass is 9.73. The summed E-state index contributed by atoms with van der Waals surface area (Å²) < 4.78 is 5.64. The van der Waals surface area contributed by atoms with Gasteiger partial charge in [-0.25, -0.2) is 4.79 Å². The fraction of sp³-hybridized carbons (Fsp3) is 0.273. The third-order valence-corrected chi connectivity index (χ3v) is 8.62. The van der Waals surface area contributed by atoms with E-state index in [1.807, 2.05) is 48.5 Å². The first-order valence-electron chi connectivity index (χ1n) is 13.3. The quantitative estimate of drug-likeness (QED) is 0.233. The Labute approximate surface area is 217 Å². The number of allylic oxidation sites excluding steroid dienone is 4. The van der Waals surface area contributed by atoms with Crippen LogP contribution in [-0.4, -0.2) is 31.4 Å². The molecule has 0 saturated heterocycles. The molecule has 4 heteroatoms. The van der Waals surface area contributed by atoms with Crippen molar-refractivity contribution in [3.8, 4) is 11.1 Å². The number of ether oxygens (including phenoxy) is 1. The van der Waals surface area contributed by atoms with Crippen LogP contribution in [0.5, 0.6) is 0 Å². The summed E-state index contributed by atoms with van der Waals surface area (Å²) >= 11 is 0. The summed E-state index contributed by atoms with van der Waals surface area (Å²) in [5, 5.41) is 0. The van der Waals surface area contributed by atoms with E-state index in [1.54, 1.807) is 12.1 Å². The highest BCUT2D eigenvalue weighted by atomic mass is 16.5. The number of hydrogen-bond acceptors (Lipinski definition) is 4. The second-order valence-corrected chi connectivity index (χ2v) is 10.7. The summed E-state index contributed by atoms with van der Waals surface area (Å²) in [6.45, 7) is 1.81. The molecule has 0 radical (unpaired) electrons. The molecule has 0 fully saturated rings. The van der Waals surface area contributed by atoms with Crippen LogP contribution in [0.15, 0.2) is 91.0 Å². The van der Waals surface area contributed by atoms with Crippen molar-refractivity contribution in [1.29, 1.82) is 0 Å². The van der Waals surface area contributed by atoms with Crippen molar-refractivity contribution in [2.45, 2.75) is 24.7 Å². The van der Waals surface area contributed by atoms with Crippen molar-refractivity contribution in [3.05, 3.63) is 113 Å². The molecule has 0 bridgehead atoms. The second kappa shape index (κ2) is 8.88. The van der Waals surface area contributed by atoms with Gasteiger partial charge >= 0.3 is 5.97 Å². The molecule has 0 amide bonds. The number of Topliss-reactive ketones (excluding diaryl/α,β-unsaturated/α-hetero) is 1. The monoisotopic (exact) mass is 487 g/mol. The van der Waals surface area contributed by atoms with Gasteiger partial charge in [-0.1, -0.05) is 85.0 Å². The van der Waals surface area contributed by atoms with Crippen molar-refractivity contribution in [2.24, 2.45) is 11.8 Å². The van der Waals surface area contributed by atoms with E-state index in [0.717, 1.165) is 42.6 Å². The lowest BCUT2D eigenvalue weighted by molar-refractivity contribution is 0.0473. The lowest BCUT2D eigenvalue weighted by Gasteiger charge is -2.46. The third-order valence-electron chi connectivity index (χ3n) is 8.62. The Kier molecular flexibility index (Phi) is 5.35. The van der Waals surface area contributed by atoms with E-state index in [4.69, 9.17) is 4.74 Å². The average molecular weight is 488 g/mol. The van der Waals surface area contributed by atoms with Crippen LogP contribution in [-0.2, 0) is 4.74 Å². The molecule has 2 aliphatic carbocycles. The molecule has 0 spiro atoms. The maximum atomic E-state index is 13.4. The molecule has 0 aromatic heterocycles. The van der Waals surface area contributed by atoms with Gasteiger partial charge in [-0.15, -0.1) is 0 Å². The number of benzene rings is 3. The summed E-state index contributed by atoms with van der Waals surface area (Å²) in [7, 11) is 0. The summed E-state index contributed by atoms with van der Waals surface area (Å²) in [5.74, 6) is 1.17. The van der Waals surface area contributed by atoms with Gasteiger partial charge in [0, 0.05) is 36.2 Å². The van der Waals surface area contributed by atoms with Gasteiger partial charge < -0.3 is 9.64 Å². The van der Waals surface area contributed by atoms with Gasteiger partial charge in [0.15, 0.2) is 12.4 Å². The molecule has 0 saturated carbocycles. The Hall–Kier alpha value is -3.92. The molecule has 2 aliphatic heterocycles. The molecular formula is C33H29NO3. The van der Waals surface area contributed by atoms with Crippen LogP contribution in [0.1, 0.15) is 56.5 Å². The number of anilines is 1. The zero-order valence-corrected chi connectivity index (χ0v) is 20.7. The first-order valence-corrected chi connectivity index (χ1v) is 13.3. The lowest BCUT2D eigenvalue weighted by Crippen LogP contribution is -2.44. The molecule has 7 rings (SSSR count). The third kappa shape index (κ3) is 3.74. The first-order chi connectivity index (χ1) is 18.2. The van der Waals surface area contributed by atoms with Crippen LogP contribution in [0.3, 0.4) is 0 Å². The molecule has 4 atom stereocenters. The number of fused-ring (bicyclic) bond motifs is 4. The molecule has 4 aliphatic rings. The minimum absolute atomic E-state index is 0.196. The predicted octanol–water partition coefficient (Wildman–Crippen LogP) is 6.55. The maximum absolute atomic E-state index is 13.4. The number of carbonyl (C=O) groups excluding carboxylic acids is 2. The fourth-order valence-electron chi connectivity index (χ4n) is 6.83. The normalized spacial score (nSPS) is 24.4. The van der Waals surface area contributed by atoms with Crippen LogP contribution in [0.4, 0.5) is 5.69 Å². The van der Waals surface area contributed by atoms with Crippen LogP contribution >= 0.6 is 0 Å². The van der Waals surface area contributed by atoms with Gasteiger partial charge in [-0.2, -0.15) is 0 Å². The first kappa shape index (κ1) is 22.3. The van der Waals surface area contributed by atoms with Gasteiger partial charge in [0.1, 0.15) is 0 Å². The van der Waals surface area contributed by atoms with Crippen LogP contribution in [0.2, 0.25) is 0 Å². The van der Waals surface area contributed by atoms with Crippen molar-refractivity contribution in [2.75, 3.05) is 24.6 Å². The molecule has 0 unspecified atom stereocenters. The number of rotatable bonds is 5. The van der Waals surface area contributed by atoms with Crippen molar-refractivity contribution in [1.82, 2.24) is 0 Å². The highest BCUT2D eigenvalue weighted by Crippen LogP contribution is 2.53. The molecule has 184 valence electrons. The Morgan fingerprint density at radius 1 is 0.784 bits per heavy atom. The minimum Gasteiger partial charge on any atom is -0.454 e. The van der Waals surface area contributed by atoms with Gasteiger partial charge in [-0.05, 0) is 53.0 Å². The molecule has 0 N–H and O–H groups in total. The number of ketones is 1. The molecule has 3 aromatic carbocycles. The van der Waals surface area contributed by atoms with Gasteiger partial charge in [0.05, 0.1) is 5.56 Å². The van der Waals surface area contributed by atoms with E-state index in [-0.39, 0.29) is 18.3 Å². The minimum atomic E-state index is -0.406. The van der Waals surface area contributed by atoms with E-state index in [1.165, 1.54) is 11.3 Å². The highest BCUT2D eigenvalue weighted by Gasteiger charge is 2.44. The van der Waals surface area contributed by atoms with E-state index >= 15 is 0 Å². The number of nitrogens with zero attached hydrogens (tertiary/aromatic N) is 1. The van der Waals surface area contributed by atoms with Crippen molar-refractivity contribution >= 4 is 17.4 Å². The van der Waals surface area contributed by atoms with Crippen molar-refractivity contribution in [3.63, 3.8) is 0 Å². The average Bonchev–Trinajstić information content (AvgIpc) is 3.62. The van der Waals surface area contributed by atoms with Gasteiger partial charge in [-0.3, -0.25) is 4.79 Å². The predicted molar refractivity (Wildman–Crippen MR) is 145 cm³/mol. The summed E-state index contributed by atoms with van der Waals surface area (Å²) in [6.07, 6.45) is 11.3. The number of hydrogen-bond donors (Lipinski definition) is 0. The smallest absolute Gasteiger partial charge is 0.338 e. The standard InChI is InChI=1S/C33H29NO3/c35-30(23-14-12-22(13-15-23)21-6-2-1-3-7-21)20-37-33(36)29-17-16-28-26-10-4-8-24(26)18-34-19-25-9-5-11-27(25)31(29)32(28)34/h1-7,10-17,24-27H,8-9,18-20H2/t24-,25+,26+,27-/m1/s1. The van der Waals surface area contributed by atoms with E-state index < -0.39 is 5.97 Å². The summed E-state index contributed by atoms with van der Waals surface area (Å²) in [4.78, 5) is 28.8. The molecular weight excluding hydrogens is 458 g/mol. The number of carbonyl (C=O) groups is 2. The Morgan fingerprint density at radius 3 is 2.22 bits per heavy atom. The topological polar surface area (TPSA) is 46.6 Å². The fourth-order valence-corrected chi connectivity index (χ4v) is 6.83. The largest absolute Gasteiger partial charge is 0.454 e. The Bertz CT molecular complexity index is 1430. The SMILES string of the molecule is O=C(COC(=O)c1ccc2c3c1[C@@H]1C=CC[C@H]1CN3C[C@H]1CC=C[C@H]21)c1ccc(-c2ccccc2)cc1.